The first kappa shape index (κ1) is 25.4. The van der Waals surface area contributed by atoms with Gasteiger partial charge in [0, 0.05) is 77.9 Å². The Bertz CT molecular complexity index is 1290. The Labute approximate surface area is 201 Å². The van der Waals surface area contributed by atoms with Gasteiger partial charge >= 0.3 is 0 Å². The third kappa shape index (κ3) is 6.65. The average molecular weight is 504 g/mol. The lowest BCUT2D eigenvalue weighted by Crippen LogP contribution is -2.23. The molecule has 2 heterocycles. The zero-order valence-corrected chi connectivity index (χ0v) is 22.5. The Hall–Kier alpha value is -3.22. The molecule has 3 aromatic rings. The molecule has 10 nitrogen and oxygen atoms in total. The van der Waals surface area contributed by atoms with Crippen molar-refractivity contribution in [3.05, 3.63) is 42.7 Å². The number of nitrogens with one attached hydrogen (secondary N) is 2. The molecule has 12 heteroatoms. The Morgan fingerprint density at radius 1 is 1.29 bits per heavy atom. The number of anilines is 3. The number of aliphatic hydroxyl groups is 1. The smallest absolute Gasteiger partial charge is 0.222 e. The molecule has 0 saturated heterocycles. The van der Waals surface area contributed by atoms with Crippen molar-refractivity contribution in [3.8, 4) is 17.0 Å². The minimum absolute atomic E-state index is 0.0823. The maximum atomic E-state index is 12.3. The van der Waals surface area contributed by atoms with E-state index in [0.29, 0.717) is 44.4 Å². The van der Waals surface area contributed by atoms with E-state index in [1.807, 2.05) is 13.0 Å². The lowest BCUT2D eigenvalue weighted by molar-refractivity contribution is -0.114. The monoisotopic (exact) mass is 503 g/mol. The second kappa shape index (κ2) is 10.4. The first-order valence-corrected chi connectivity index (χ1v) is 13.7. The SMILES string of the molecule is CC(=O)Nc1cc(Nc2cc(OC[C@H](C)C(O)[SiH3])cc(S(C)(=O)=O)c2)c(-c2ccn(C)n2)cn1. The summed E-state index contributed by atoms with van der Waals surface area (Å²) in [4.78, 5) is 15.9. The summed E-state index contributed by atoms with van der Waals surface area (Å²) in [5.41, 5.74) is 1.92. The molecule has 0 aliphatic heterocycles. The molecule has 0 bridgehead atoms. The van der Waals surface area contributed by atoms with E-state index < -0.39 is 15.6 Å². The van der Waals surface area contributed by atoms with Crippen molar-refractivity contribution in [3.63, 3.8) is 0 Å². The summed E-state index contributed by atoms with van der Waals surface area (Å²) in [6.07, 6.45) is 4.51. The van der Waals surface area contributed by atoms with Gasteiger partial charge in [0.2, 0.25) is 5.91 Å². The maximum absolute atomic E-state index is 12.3. The van der Waals surface area contributed by atoms with E-state index in [1.54, 1.807) is 36.3 Å². The van der Waals surface area contributed by atoms with E-state index in [1.165, 1.54) is 19.1 Å². The van der Waals surface area contributed by atoms with Gasteiger partial charge in [-0.15, -0.1) is 0 Å². The number of ether oxygens (including phenoxy) is 1. The average Bonchev–Trinajstić information content (AvgIpc) is 3.17. The van der Waals surface area contributed by atoms with Gasteiger partial charge in [-0.05, 0) is 18.2 Å². The van der Waals surface area contributed by atoms with Gasteiger partial charge in [0.1, 0.15) is 11.6 Å². The number of sulfone groups is 1. The number of amides is 1. The van der Waals surface area contributed by atoms with Crippen molar-refractivity contribution >= 4 is 43.2 Å². The Kier molecular flexibility index (Phi) is 7.74. The molecule has 0 aliphatic rings. The van der Waals surface area contributed by atoms with Crippen LogP contribution >= 0.6 is 0 Å². The summed E-state index contributed by atoms with van der Waals surface area (Å²) in [6.45, 7) is 3.51. The molecule has 3 rings (SSSR count). The minimum Gasteiger partial charge on any atom is -0.493 e. The van der Waals surface area contributed by atoms with Gasteiger partial charge < -0.3 is 20.5 Å². The third-order valence-corrected chi connectivity index (χ3v) is 7.35. The molecule has 2 atom stereocenters. The molecule has 2 aromatic heterocycles. The van der Waals surface area contributed by atoms with Crippen molar-refractivity contribution in [2.45, 2.75) is 24.5 Å². The highest BCUT2D eigenvalue weighted by atomic mass is 32.2. The molecule has 0 radical (unpaired) electrons. The number of carbonyl (C=O) groups excluding carboxylic acids is 1. The van der Waals surface area contributed by atoms with Gasteiger partial charge in [0.15, 0.2) is 9.84 Å². The van der Waals surface area contributed by atoms with Crippen LogP contribution in [0.25, 0.3) is 11.3 Å². The third-order valence-electron chi connectivity index (χ3n) is 5.12. The fraction of sp³-hybridized carbons (Fsp3) is 0.318. The lowest BCUT2D eigenvalue weighted by Gasteiger charge is -2.18. The quantitative estimate of drug-likeness (QED) is 0.372. The molecular weight excluding hydrogens is 474 g/mol. The fourth-order valence-corrected chi connectivity index (χ4v) is 3.90. The molecule has 3 N–H and O–H groups in total. The highest BCUT2D eigenvalue weighted by molar-refractivity contribution is 7.90. The number of carbonyl (C=O) groups is 1. The number of aryl methyl sites for hydroxylation is 1. The second-order valence-corrected chi connectivity index (χ2v) is 11.5. The summed E-state index contributed by atoms with van der Waals surface area (Å²) in [7, 11) is -1.12. The van der Waals surface area contributed by atoms with Crippen LogP contribution < -0.4 is 15.4 Å². The molecule has 182 valence electrons. The van der Waals surface area contributed by atoms with Crippen LogP contribution in [0.15, 0.2) is 47.6 Å². The highest BCUT2D eigenvalue weighted by Gasteiger charge is 2.16. The predicted octanol–water partition coefficient (Wildman–Crippen LogP) is 1.29. The summed E-state index contributed by atoms with van der Waals surface area (Å²) >= 11 is 0. The van der Waals surface area contributed by atoms with E-state index in [-0.39, 0.29) is 23.3 Å². The Balaban J connectivity index is 2.03. The molecule has 0 saturated carbocycles. The standard InChI is InChI=1S/C22H29N5O5SSi/c1-13(22(29)34)12-32-16-7-15(8-17(9-16)33(4,30)31)25-20-10-21(24-14(2)28)23-11-18(20)19-5-6-27(3)26-19/h5-11,13,22,29H,12H2,1-4,34H3,(H2,23,24,25,28)/t13-,22?/m0/s1. The Morgan fingerprint density at radius 3 is 2.62 bits per heavy atom. The first-order chi connectivity index (χ1) is 15.9. The predicted molar refractivity (Wildman–Crippen MR) is 134 cm³/mol. The summed E-state index contributed by atoms with van der Waals surface area (Å²) in [6, 6.07) is 8.12. The molecule has 0 aliphatic carbocycles. The van der Waals surface area contributed by atoms with Crippen molar-refractivity contribution in [2.75, 3.05) is 23.5 Å². The van der Waals surface area contributed by atoms with Crippen LogP contribution in [0.2, 0.25) is 0 Å². The highest BCUT2D eigenvalue weighted by Crippen LogP contribution is 2.33. The van der Waals surface area contributed by atoms with Crippen LogP contribution in [0, 0.1) is 5.92 Å². The van der Waals surface area contributed by atoms with Crippen LogP contribution in [0.3, 0.4) is 0 Å². The number of nitrogens with zero attached hydrogens (tertiary/aromatic N) is 3. The van der Waals surface area contributed by atoms with Crippen LogP contribution in [-0.4, -0.2) is 63.0 Å². The summed E-state index contributed by atoms with van der Waals surface area (Å²) in [5, 5.41) is 20.1. The number of aromatic nitrogens is 3. The number of aliphatic hydroxyl groups excluding tert-OH is 1. The number of benzene rings is 1. The van der Waals surface area contributed by atoms with Crippen LogP contribution in [0.5, 0.6) is 5.75 Å². The zero-order chi connectivity index (χ0) is 25.0. The van der Waals surface area contributed by atoms with Crippen molar-refractivity contribution < 1.29 is 23.1 Å². The van der Waals surface area contributed by atoms with Crippen LogP contribution in [0.1, 0.15) is 13.8 Å². The molecular formula is C22H29N5O5SSi. The molecule has 0 spiro atoms. The maximum Gasteiger partial charge on any atom is 0.222 e. The second-order valence-electron chi connectivity index (χ2n) is 8.29. The fourth-order valence-electron chi connectivity index (χ4n) is 3.03. The van der Waals surface area contributed by atoms with Gasteiger partial charge in [0.25, 0.3) is 0 Å². The molecule has 1 unspecified atom stereocenters. The molecule has 0 fully saturated rings. The van der Waals surface area contributed by atoms with Gasteiger partial charge in [-0.1, -0.05) is 6.92 Å². The van der Waals surface area contributed by atoms with Gasteiger partial charge in [-0.2, -0.15) is 5.10 Å². The summed E-state index contributed by atoms with van der Waals surface area (Å²) in [5.74, 6) is 0.339. The largest absolute Gasteiger partial charge is 0.493 e. The van der Waals surface area contributed by atoms with E-state index in [0.717, 1.165) is 6.26 Å². The van der Waals surface area contributed by atoms with Crippen molar-refractivity contribution in [2.24, 2.45) is 13.0 Å². The number of pyridine rings is 1. The minimum atomic E-state index is -3.53. The normalized spacial score (nSPS) is 13.3. The Morgan fingerprint density at radius 2 is 2.03 bits per heavy atom. The van der Waals surface area contributed by atoms with E-state index >= 15 is 0 Å². The van der Waals surface area contributed by atoms with Crippen molar-refractivity contribution in [1.29, 1.82) is 0 Å². The molecule has 1 amide bonds. The first-order valence-electron chi connectivity index (χ1n) is 10.6. The van der Waals surface area contributed by atoms with Crippen LogP contribution in [0.4, 0.5) is 17.2 Å². The van der Waals surface area contributed by atoms with Gasteiger partial charge in [-0.25, -0.2) is 13.4 Å². The van der Waals surface area contributed by atoms with Gasteiger partial charge in [0.05, 0.1) is 22.9 Å². The van der Waals surface area contributed by atoms with E-state index in [4.69, 9.17) is 4.74 Å². The van der Waals surface area contributed by atoms with E-state index in [9.17, 15) is 18.3 Å². The van der Waals surface area contributed by atoms with E-state index in [2.05, 4.69) is 20.7 Å². The number of hydrogen-bond donors (Lipinski definition) is 3. The molecule has 34 heavy (non-hydrogen) atoms. The van der Waals surface area contributed by atoms with Crippen molar-refractivity contribution in [1.82, 2.24) is 14.8 Å². The zero-order valence-electron chi connectivity index (χ0n) is 19.7. The molecule has 1 aromatic carbocycles. The van der Waals surface area contributed by atoms with Gasteiger partial charge in [-0.3, -0.25) is 9.48 Å². The number of hydrogen-bond acceptors (Lipinski definition) is 8. The lowest BCUT2D eigenvalue weighted by atomic mass is 10.1. The number of rotatable bonds is 9. The topological polar surface area (TPSA) is 135 Å². The van der Waals surface area contributed by atoms with Crippen LogP contribution in [-0.2, 0) is 21.7 Å². The summed E-state index contributed by atoms with van der Waals surface area (Å²) < 4.78 is 32.1.